The van der Waals surface area contributed by atoms with Gasteiger partial charge in [-0.15, -0.1) is 0 Å². The van der Waals surface area contributed by atoms with Crippen molar-refractivity contribution in [2.75, 3.05) is 0 Å². The summed E-state index contributed by atoms with van der Waals surface area (Å²) in [5, 5.41) is 0.727. The Hall–Kier alpha value is -2.66. The normalized spacial score (nSPS) is 10.7. The van der Waals surface area contributed by atoms with Crippen LogP contribution in [0, 0.1) is 0 Å². The molecule has 0 fully saturated rings. The lowest BCUT2D eigenvalue weighted by Gasteiger charge is -2.22. The Kier molecular flexibility index (Phi) is 6.02. The number of rotatable bonds is 7. The van der Waals surface area contributed by atoms with Crippen LogP contribution in [0.25, 0.3) is 0 Å². The van der Waals surface area contributed by atoms with E-state index in [-0.39, 0.29) is 5.91 Å². The van der Waals surface area contributed by atoms with E-state index in [1.165, 1.54) is 0 Å². The number of aromatic nitrogens is 3. The number of halogens is 1. The first kappa shape index (κ1) is 18.1. The van der Waals surface area contributed by atoms with E-state index in [1.54, 1.807) is 18.6 Å². The lowest BCUT2D eigenvalue weighted by Crippen LogP contribution is -2.30. The molecule has 5 nitrogen and oxygen atoms in total. The van der Waals surface area contributed by atoms with Crippen LogP contribution in [0.5, 0.6) is 0 Å². The molecule has 0 bridgehead atoms. The van der Waals surface area contributed by atoms with E-state index < -0.39 is 0 Å². The number of benzene rings is 1. The Morgan fingerprint density at radius 2 is 1.88 bits per heavy atom. The van der Waals surface area contributed by atoms with Gasteiger partial charge in [0.25, 0.3) is 0 Å². The van der Waals surface area contributed by atoms with Gasteiger partial charge >= 0.3 is 0 Å². The smallest absolute Gasteiger partial charge is 0.222 e. The van der Waals surface area contributed by atoms with Crippen LogP contribution in [0.3, 0.4) is 0 Å². The number of hydrogen-bond acceptors (Lipinski definition) is 3. The van der Waals surface area contributed by atoms with Crippen molar-refractivity contribution >= 4 is 17.5 Å². The largest absolute Gasteiger partial charge is 0.331 e. The number of carbonyl (C=O) groups excluding carboxylic acids is 1. The molecule has 2 aromatic heterocycles. The van der Waals surface area contributed by atoms with Crippen molar-refractivity contribution in [3.05, 3.63) is 83.2 Å². The fourth-order valence-corrected chi connectivity index (χ4v) is 2.98. The Morgan fingerprint density at radius 3 is 2.62 bits per heavy atom. The minimum atomic E-state index is 0.0918. The molecule has 0 spiro atoms. The van der Waals surface area contributed by atoms with E-state index in [0.717, 1.165) is 22.0 Å². The average molecular weight is 369 g/mol. The van der Waals surface area contributed by atoms with Crippen LogP contribution >= 0.6 is 11.6 Å². The van der Waals surface area contributed by atoms with Crippen molar-refractivity contribution in [1.82, 2.24) is 19.4 Å². The lowest BCUT2D eigenvalue weighted by atomic mass is 10.2. The van der Waals surface area contributed by atoms with E-state index >= 15 is 0 Å². The van der Waals surface area contributed by atoms with Crippen molar-refractivity contribution in [1.29, 1.82) is 0 Å². The van der Waals surface area contributed by atoms with Gasteiger partial charge in [-0.1, -0.05) is 36.7 Å². The minimum absolute atomic E-state index is 0.0918. The van der Waals surface area contributed by atoms with Gasteiger partial charge in [0.15, 0.2) is 0 Å². The van der Waals surface area contributed by atoms with Crippen molar-refractivity contribution in [2.45, 2.75) is 33.0 Å². The van der Waals surface area contributed by atoms with Crippen molar-refractivity contribution in [3.63, 3.8) is 0 Å². The SMILES string of the molecule is CCC(=O)N(Cc1ccncc1)Cc1nccn1Cc1ccccc1Cl. The second-order valence-electron chi connectivity index (χ2n) is 6.02. The Labute approximate surface area is 158 Å². The summed E-state index contributed by atoms with van der Waals surface area (Å²) in [7, 11) is 0. The van der Waals surface area contributed by atoms with Crippen molar-refractivity contribution < 1.29 is 4.79 Å². The van der Waals surface area contributed by atoms with Gasteiger partial charge in [-0.25, -0.2) is 4.98 Å². The molecular formula is C20H21ClN4O. The molecule has 0 atom stereocenters. The fraction of sp³-hybridized carbons (Fsp3) is 0.250. The molecule has 0 radical (unpaired) electrons. The molecule has 0 saturated carbocycles. The predicted octanol–water partition coefficient (Wildman–Crippen LogP) is 3.92. The zero-order valence-electron chi connectivity index (χ0n) is 14.7. The summed E-state index contributed by atoms with van der Waals surface area (Å²) in [6.07, 6.45) is 7.60. The van der Waals surface area contributed by atoms with E-state index in [9.17, 15) is 4.79 Å². The number of pyridine rings is 1. The van der Waals surface area contributed by atoms with Gasteiger partial charge < -0.3 is 9.47 Å². The van der Waals surface area contributed by atoms with Crippen LogP contribution in [0.2, 0.25) is 5.02 Å². The second-order valence-corrected chi connectivity index (χ2v) is 6.43. The maximum atomic E-state index is 12.4. The zero-order valence-corrected chi connectivity index (χ0v) is 15.4. The van der Waals surface area contributed by atoms with Gasteiger partial charge in [-0.3, -0.25) is 9.78 Å². The Balaban J connectivity index is 1.78. The number of nitrogens with zero attached hydrogens (tertiary/aromatic N) is 4. The zero-order chi connectivity index (χ0) is 18.4. The van der Waals surface area contributed by atoms with Crippen molar-refractivity contribution in [2.24, 2.45) is 0 Å². The highest BCUT2D eigenvalue weighted by atomic mass is 35.5. The van der Waals surface area contributed by atoms with Gasteiger partial charge in [0.05, 0.1) is 13.1 Å². The van der Waals surface area contributed by atoms with Crippen LogP contribution in [0.15, 0.2) is 61.2 Å². The highest BCUT2D eigenvalue weighted by Crippen LogP contribution is 2.18. The molecule has 0 aliphatic carbocycles. The maximum Gasteiger partial charge on any atom is 0.222 e. The summed E-state index contributed by atoms with van der Waals surface area (Å²) in [6, 6.07) is 11.6. The van der Waals surface area contributed by atoms with E-state index in [0.29, 0.717) is 26.1 Å². The summed E-state index contributed by atoms with van der Waals surface area (Å²) < 4.78 is 2.03. The van der Waals surface area contributed by atoms with E-state index in [2.05, 4.69) is 9.97 Å². The molecule has 134 valence electrons. The third-order valence-electron chi connectivity index (χ3n) is 4.21. The van der Waals surface area contributed by atoms with Crippen LogP contribution in [-0.4, -0.2) is 25.3 Å². The topological polar surface area (TPSA) is 51.0 Å². The maximum absolute atomic E-state index is 12.4. The van der Waals surface area contributed by atoms with Crippen molar-refractivity contribution in [3.8, 4) is 0 Å². The molecule has 0 unspecified atom stereocenters. The van der Waals surface area contributed by atoms with E-state index in [4.69, 9.17) is 11.6 Å². The lowest BCUT2D eigenvalue weighted by molar-refractivity contribution is -0.132. The molecule has 0 saturated heterocycles. The van der Waals surface area contributed by atoms with Crippen LogP contribution in [-0.2, 0) is 24.4 Å². The molecule has 26 heavy (non-hydrogen) atoms. The number of hydrogen-bond donors (Lipinski definition) is 0. The molecule has 1 amide bonds. The van der Waals surface area contributed by atoms with Gasteiger partial charge in [-0.05, 0) is 29.3 Å². The molecular weight excluding hydrogens is 348 g/mol. The first-order chi connectivity index (χ1) is 12.7. The summed E-state index contributed by atoms with van der Waals surface area (Å²) in [6.45, 7) is 3.48. The van der Waals surface area contributed by atoms with Gasteiger partial charge in [0.1, 0.15) is 5.82 Å². The van der Waals surface area contributed by atoms with E-state index in [1.807, 2.05) is 59.0 Å². The first-order valence-corrected chi connectivity index (χ1v) is 8.95. The summed E-state index contributed by atoms with van der Waals surface area (Å²) in [5.74, 6) is 0.926. The average Bonchev–Trinajstić information content (AvgIpc) is 3.10. The quantitative estimate of drug-likeness (QED) is 0.635. The minimum Gasteiger partial charge on any atom is -0.331 e. The van der Waals surface area contributed by atoms with Gasteiger partial charge in [-0.2, -0.15) is 0 Å². The molecule has 0 N–H and O–H groups in total. The Bertz CT molecular complexity index is 863. The Morgan fingerprint density at radius 1 is 1.12 bits per heavy atom. The molecule has 0 aliphatic heterocycles. The number of amides is 1. The fourth-order valence-electron chi connectivity index (χ4n) is 2.78. The highest BCUT2D eigenvalue weighted by Gasteiger charge is 2.16. The van der Waals surface area contributed by atoms with Gasteiger partial charge in [0.2, 0.25) is 5.91 Å². The van der Waals surface area contributed by atoms with Crippen LogP contribution < -0.4 is 0 Å². The number of imidazole rings is 1. The summed E-state index contributed by atoms with van der Waals surface area (Å²) >= 11 is 6.28. The molecule has 0 aliphatic rings. The highest BCUT2D eigenvalue weighted by molar-refractivity contribution is 6.31. The van der Waals surface area contributed by atoms with Crippen LogP contribution in [0.1, 0.15) is 30.3 Å². The predicted molar refractivity (Wildman–Crippen MR) is 102 cm³/mol. The van der Waals surface area contributed by atoms with Gasteiger partial charge in [0, 0.05) is 42.8 Å². The summed E-state index contributed by atoms with van der Waals surface area (Å²) in [4.78, 5) is 22.7. The molecule has 6 heteroatoms. The molecule has 3 aromatic rings. The summed E-state index contributed by atoms with van der Waals surface area (Å²) in [5.41, 5.74) is 2.07. The third kappa shape index (κ3) is 4.49. The third-order valence-corrected chi connectivity index (χ3v) is 4.58. The van der Waals surface area contributed by atoms with Crippen LogP contribution in [0.4, 0.5) is 0 Å². The number of carbonyl (C=O) groups is 1. The first-order valence-electron chi connectivity index (χ1n) is 8.57. The second kappa shape index (κ2) is 8.63. The standard InChI is InChI=1S/C20H21ClN4O/c1-2-20(26)25(13-16-7-9-22-10-8-16)15-19-23-11-12-24(19)14-17-5-3-4-6-18(17)21/h3-12H,2,13-15H2,1H3. The molecule has 1 aromatic carbocycles. The monoisotopic (exact) mass is 368 g/mol. The molecule has 3 rings (SSSR count). The molecule has 2 heterocycles.